The Morgan fingerprint density at radius 2 is 2.20 bits per heavy atom. The number of hydrogen-bond donors (Lipinski definition) is 2. The number of phenolic OH excluding ortho intramolecular Hbond substituents is 1. The van der Waals surface area contributed by atoms with E-state index in [1.807, 2.05) is 6.92 Å². The number of alkyl halides is 1. The van der Waals surface area contributed by atoms with Gasteiger partial charge in [-0.1, -0.05) is 25.5 Å². The molecule has 1 aromatic carbocycles. The van der Waals surface area contributed by atoms with Gasteiger partial charge in [0.25, 0.3) is 0 Å². The molecule has 0 heterocycles. The summed E-state index contributed by atoms with van der Waals surface area (Å²) in [5.41, 5.74) is 4.89. The van der Waals surface area contributed by atoms with Gasteiger partial charge in [-0.15, -0.1) is 0 Å². The highest BCUT2D eigenvalue weighted by molar-refractivity contribution is 5.28. The summed E-state index contributed by atoms with van der Waals surface area (Å²) in [7, 11) is 0. The largest absolute Gasteiger partial charge is 0.508 e. The molecule has 0 aliphatic rings. The highest BCUT2D eigenvalue weighted by Gasteiger charge is 2.27. The zero-order valence-corrected chi connectivity index (χ0v) is 9.04. The Kier molecular flexibility index (Phi) is 4.09. The van der Waals surface area contributed by atoms with Crippen molar-refractivity contribution < 1.29 is 9.50 Å². The van der Waals surface area contributed by atoms with Gasteiger partial charge in [0.15, 0.2) is 0 Å². The molecule has 0 saturated carbocycles. The van der Waals surface area contributed by atoms with Crippen LogP contribution >= 0.6 is 0 Å². The molecule has 1 atom stereocenters. The minimum atomic E-state index is -1.34. The van der Waals surface area contributed by atoms with Crippen LogP contribution in [0.3, 0.4) is 0 Å². The van der Waals surface area contributed by atoms with Crippen LogP contribution in [0, 0.1) is 0 Å². The number of phenols is 1. The quantitative estimate of drug-likeness (QED) is 0.785. The Morgan fingerprint density at radius 1 is 1.47 bits per heavy atom. The van der Waals surface area contributed by atoms with Crippen LogP contribution in [0.15, 0.2) is 24.3 Å². The highest BCUT2D eigenvalue weighted by Crippen LogP contribution is 2.24. The summed E-state index contributed by atoms with van der Waals surface area (Å²) in [4.78, 5) is 0. The SMILES string of the molecule is CCCC(F)(CN)Cc1cccc(O)c1. The van der Waals surface area contributed by atoms with Crippen LogP contribution in [-0.2, 0) is 6.42 Å². The standard InChI is InChI=1S/C12H18FNO/c1-2-6-12(13,9-14)8-10-4-3-5-11(15)7-10/h3-5,7,15H,2,6,8-9,14H2,1H3. The second-order valence-corrected chi connectivity index (χ2v) is 3.95. The summed E-state index contributed by atoms with van der Waals surface area (Å²) < 4.78 is 14.1. The van der Waals surface area contributed by atoms with Crippen molar-refractivity contribution in [2.24, 2.45) is 5.73 Å². The summed E-state index contributed by atoms with van der Waals surface area (Å²) in [5.74, 6) is 0.170. The number of benzene rings is 1. The molecule has 0 fully saturated rings. The Labute approximate surface area is 89.9 Å². The normalized spacial score (nSPS) is 14.9. The van der Waals surface area contributed by atoms with Gasteiger partial charge in [-0.3, -0.25) is 0 Å². The van der Waals surface area contributed by atoms with Crippen molar-refractivity contribution in [2.45, 2.75) is 31.9 Å². The van der Waals surface area contributed by atoms with E-state index in [-0.39, 0.29) is 18.7 Å². The maximum atomic E-state index is 14.1. The Morgan fingerprint density at radius 3 is 2.73 bits per heavy atom. The lowest BCUT2D eigenvalue weighted by Crippen LogP contribution is -2.35. The summed E-state index contributed by atoms with van der Waals surface area (Å²) in [6.45, 7) is 1.96. The first-order valence-electron chi connectivity index (χ1n) is 5.26. The van der Waals surface area contributed by atoms with Crippen molar-refractivity contribution in [1.82, 2.24) is 0 Å². The fourth-order valence-corrected chi connectivity index (χ4v) is 1.74. The molecule has 2 nitrogen and oxygen atoms in total. The van der Waals surface area contributed by atoms with E-state index in [1.165, 1.54) is 0 Å². The van der Waals surface area contributed by atoms with Crippen molar-refractivity contribution in [3.05, 3.63) is 29.8 Å². The molecule has 1 aromatic rings. The molecule has 3 N–H and O–H groups in total. The van der Waals surface area contributed by atoms with Gasteiger partial charge in [0.1, 0.15) is 11.4 Å². The monoisotopic (exact) mass is 211 g/mol. The molecule has 3 heteroatoms. The average Bonchev–Trinajstić information content (AvgIpc) is 2.18. The molecule has 0 radical (unpaired) electrons. The maximum Gasteiger partial charge on any atom is 0.127 e. The number of aromatic hydroxyl groups is 1. The molecule has 0 aromatic heterocycles. The van der Waals surface area contributed by atoms with Gasteiger partial charge >= 0.3 is 0 Å². The van der Waals surface area contributed by atoms with Gasteiger partial charge in [0.05, 0.1) is 0 Å². The van der Waals surface area contributed by atoms with Gasteiger partial charge in [-0.2, -0.15) is 0 Å². The molecule has 0 aliphatic heterocycles. The van der Waals surface area contributed by atoms with Crippen molar-refractivity contribution in [2.75, 3.05) is 6.54 Å². The number of rotatable bonds is 5. The molecule has 0 saturated heterocycles. The Balaban J connectivity index is 2.74. The van der Waals surface area contributed by atoms with Crippen molar-refractivity contribution >= 4 is 0 Å². The highest BCUT2D eigenvalue weighted by atomic mass is 19.1. The Bertz CT molecular complexity index is 316. The molecule has 84 valence electrons. The molecule has 1 unspecified atom stereocenters. The molecule has 15 heavy (non-hydrogen) atoms. The number of halogens is 1. The van der Waals surface area contributed by atoms with Crippen molar-refractivity contribution in [1.29, 1.82) is 0 Å². The first kappa shape index (κ1) is 12.0. The van der Waals surface area contributed by atoms with Crippen LogP contribution in [-0.4, -0.2) is 17.3 Å². The first-order chi connectivity index (χ1) is 7.09. The lowest BCUT2D eigenvalue weighted by Gasteiger charge is -2.23. The van der Waals surface area contributed by atoms with Gasteiger partial charge in [-0.25, -0.2) is 4.39 Å². The average molecular weight is 211 g/mol. The number of hydrogen-bond acceptors (Lipinski definition) is 2. The fourth-order valence-electron chi connectivity index (χ4n) is 1.74. The molecule has 0 amide bonds. The van der Waals surface area contributed by atoms with E-state index in [0.717, 1.165) is 12.0 Å². The van der Waals surface area contributed by atoms with E-state index < -0.39 is 5.67 Å². The van der Waals surface area contributed by atoms with Crippen LogP contribution in [0.4, 0.5) is 4.39 Å². The van der Waals surface area contributed by atoms with Gasteiger partial charge < -0.3 is 10.8 Å². The smallest absolute Gasteiger partial charge is 0.127 e. The predicted molar refractivity (Wildman–Crippen MR) is 59.6 cm³/mol. The minimum absolute atomic E-state index is 0.0243. The Hall–Kier alpha value is -1.09. The summed E-state index contributed by atoms with van der Waals surface area (Å²) in [6, 6.07) is 6.68. The molecule has 0 aliphatic carbocycles. The van der Waals surface area contributed by atoms with Gasteiger partial charge in [0.2, 0.25) is 0 Å². The third-order valence-electron chi connectivity index (χ3n) is 2.50. The van der Waals surface area contributed by atoms with Crippen LogP contribution < -0.4 is 5.73 Å². The third-order valence-corrected chi connectivity index (χ3v) is 2.50. The lowest BCUT2D eigenvalue weighted by molar-refractivity contribution is 0.158. The maximum absolute atomic E-state index is 14.1. The minimum Gasteiger partial charge on any atom is -0.508 e. The van der Waals surface area contributed by atoms with Crippen molar-refractivity contribution in [3.8, 4) is 5.75 Å². The zero-order chi connectivity index (χ0) is 11.3. The van der Waals surface area contributed by atoms with Crippen LogP contribution in [0.1, 0.15) is 25.3 Å². The van der Waals surface area contributed by atoms with E-state index >= 15 is 0 Å². The summed E-state index contributed by atoms with van der Waals surface area (Å²) >= 11 is 0. The van der Waals surface area contributed by atoms with Gasteiger partial charge in [0, 0.05) is 13.0 Å². The fraction of sp³-hybridized carbons (Fsp3) is 0.500. The van der Waals surface area contributed by atoms with E-state index in [1.54, 1.807) is 24.3 Å². The van der Waals surface area contributed by atoms with Crippen LogP contribution in [0.25, 0.3) is 0 Å². The van der Waals surface area contributed by atoms with Crippen molar-refractivity contribution in [3.63, 3.8) is 0 Å². The number of nitrogens with two attached hydrogens (primary N) is 1. The molecular weight excluding hydrogens is 193 g/mol. The lowest BCUT2D eigenvalue weighted by atomic mass is 9.92. The molecule has 0 spiro atoms. The second-order valence-electron chi connectivity index (χ2n) is 3.95. The first-order valence-corrected chi connectivity index (χ1v) is 5.26. The topological polar surface area (TPSA) is 46.2 Å². The van der Waals surface area contributed by atoms with Crippen LogP contribution in [0.5, 0.6) is 5.75 Å². The van der Waals surface area contributed by atoms with E-state index in [9.17, 15) is 9.50 Å². The predicted octanol–water partition coefficient (Wildman–Crippen LogP) is 2.40. The summed E-state index contributed by atoms with van der Waals surface area (Å²) in [6.07, 6.45) is 1.50. The second kappa shape index (κ2) is 5.12. The third kappa shape index (κ3) is 3.51. The molecule has 1 rings (SSSR count). The zero-order valence-electron chi connectivity index (χ0n) is 9.04. The van der Waals surface area contributed by atoms with Gasteiger partial charge in [-0.05, 0) is 24.1 Å². The van der Waals surface area contributed by atoms with Crippen LogP contribution in [0.2, 0.25) is 0 Å². The summed E-state index contributed by atoms with van der Waals surface area (Å²) in [5, 5.41) is 9.26. The van der Waals surface area contributed by atoms with E-state index in [2.05, 4.69) is 0 Å². The molecular formula is C12H18FNO. The van der Waals surface area contributed by atoms with E-state index in [4.69, 9.17) is 5.73 Å². The van der Waals surface area contributed by atoms with E-state index in [0.29, 0.717) is 6.42 Å². The molecule has 0 bridgehead atoms.